The summed E-state index contributed by atoms with van der Waals surface area (Å²) in [5.74, 6) is 0.908. The highest BCUT2D eigenvalue weighted by atomic mass is 16.3. The molecule has 52 heavy (non-hydrogen) atoms. The zero-order valence-corrected chi connectivity index (χ0v) is 28.1. The van der Waals surface area contributed by atoms with Gasteiger partial charge in [-0.2, -0.15) is 0 Å². The predicted octanol–water partition coefficient (Wildman–Crippen LogP) is 12.7. The Morgan fingerprint density at radius 2 is 0.923 bits per heavy atom. The van der Waals surface area contributed by atoms with E-state index >= 15 is 0 Å². The molecular weight excluding hydrogens is 635 g/mol. The first-order valence-corrected chi connectivity index (χ1v) is 17.5. The number of fused-ring (bicyclic) bond motifs is 4. The van der Waals surface area contributed by atoms with Crippen LogP contribution in [0.3, 0.4) is 0 Å². The lowest BCUT2D eigenvalue weighted by atomic mass is 9.97. The van der Waals surface area contributed by atoms with Crippen LogP contribution in [0.1, 0.15) is 0 Å². The zero-order valence-electron chi connectivity index (χ0n) is 28.1. The molecule has 4 heteroatoms. The number of hydrogen-bond acceptors (Lipinski definition) is 3. The molecule has 0 fully saturated rings. The molecule has 0 amide bonds. The Morgan fingerprint density at radius 3 is 1.69 bits per heavy atom. The second-order valence-corrected chi connectivity index (χ2v) is 13.1. The standard InChI is InChI=1S/C48H31N3O/c1-3-11-34(12-4-1)43-30-38(33-21-19-32(20-22-33)37-27-28-47-41(29-37)40-15-7-10-18-46(40)52-47)31-44(49-43)35-23-25-36(26-24-35)48-50-42-16-8-9-17-45(42)51(48)39-13-5-2-6-14-39/h1-31H. The van der Waals surface area contributed by atoms with Gasteiger partial charge < -0.3 is 4.42 Å². The molecule has 244 valence electrons. The lowest BCUT2D eigenvalue weighted by Crippen LogP contribution is -1.97. The number of aromatic nitrogens is 3. The molecule has 0 spiro atoms. The molecule has 0 saturated heterocycles. The smallest absolute Gasteiger partial charge is 0.145 e. The van der Waals surface area contributed by atoms with Crippen LogP contribution in [0.5, 0.6) is 0 Å². The minimum absolute atomic E-state index is 0.905. The Morgan fingerprint density at radius 1 is 0.365 bits per heavy atom. The summed E-state index contributed by atoms with van der Waals surface area (Å²) in [6.45, 7) is 0. The molecular formula is C48H31N3O. The SMILES string of the molecule is c1ccc(-c2cc(-c3ccc(-c4ccc5oc6ccccc6c5c4)cc3)cc(-c3ccc(-c4nc5ccccc5n4-c4ccccc4)cc3)n2)cc1. The fourth-order valence-corrected chi connectivity index (χ4v) is 7.21. The van der Waals surface area contributed by atoms with E-state index in [1.165, 1.54) is 0 Å². The Labute approximate surface area is 300 Å². The Kier molecular flexibility index (Phi) is 7.10. The first kappa shape index (κ1) is 29.8. The predicted molar refractivity (Wildman–Crippen MR) is 213 cm³/mol. The summed E-state index contributed by atoms with van der Waals surface area (Å²) in [6, 6.07) is 65.6. The normalized spacial score (nSPS) is 11.5. The van der Waals surface area contributed by atoms with Crippen LogP contribution in [-0.4, -0.2) is 14.5 Å². The number of benzene rings is 7. The van der Waals surface area contributed by atoms with Gasteiger partial charge in [0.25, 0.3) is 0 Å². The van der Waals surface area contributed by atoms with Crippen LogP contribution in [0.4, 0.5) is 0 Å². The van der Waals surface area contributed by atoms with Gasteiger partial charge in [0.2, 0.25) is 0 Å². The Balaban J connectivity index is 1.03. The fraction of sp³-hybridized carbons (Fsp3) is 0. The molecule has 0 aliphatic rings. The van der Waals surface area contributed by atoms with E-state index in [9.17, 15) is 0 Å². The van der Waals surface area contributed by atoms with E-state index in [2.05, 4.69) is 162 Å². The maximum atomic E-state index is 6.07. The van der Waals surface area contributed by atoms with Crippen molar-refractivity contribution in [1.29, 1.82) is 0 Å². The molecule has 0 unspecified atom stereocenters. The van der Waals surface area contributed by atoms with Crippen LogP contribution in [-0.2, 0) is 0 Å². The molecule has 10 aromatic rings. The van der Waals surface area contributed by atoms with Gasteiger partial charge >= 0.3 is 0 Å². The van der Waals surface area contributed by atoms with Crippen LogP contribution < -0.4 is 0 Å². The largest absolute Gasteiger partial charge is 0.456 e. The van der Waals surface area contributed by atoms with Crippen LogP contribution in [0, 0.1) is 0 Å². The van der Waals surface area contributed by atoms with Crippen LogP contribution in [0.15, 0.2) is 192 Å². The van der Waals surface area contributed by atoms with Crippen molar-refractivity contribution in [1.82, 2.24) is 14.5 Å². The number of hydrogen-bond donors (Lipinski definition) is 0. The molecule has 0 bridgehead atoms. The zero-order chi connectivity index (χ0) is 34.4. The second-order valence-electron chi connectivity index (χ2n) is 13.1. The summed E-state index contributed by atoms with van der Waals surface area (Å²) < 4.78 is 8.30. The molecule has 0 atom stereocenters. The highest BCUT2D eigenvalue weighted by Gasteiger charge is 2.16. The number of rotatable bonds is 6. The van der Waals surface area contributed by atoms with Gasteiger partial charge in [-0.15, -0.1) is 0 Å². The van der Waals surface area contributed by atoms with Gasteiger partial charge in [-0.25, -0.2) is 9.97 Å². The average molecular weight is 666 g/mol. The summed E-state index contributed by atoms with van der Waals surface area (Å²) in [6.07, 6.45) is 0. The highest BCUT2D eigenvalue weighted by molar-refractivity contribution is 6.06. The first-order valence-electron chi connectivity index (χ1n) is 17.5. The highest BCUT2D eigenvalue weighted by Crippen LogP contribution is 2.36. The van der Waals surface area contributed by atoms with Crippen molar-refractivity contribution < 1.29 is 4.42 Å². The van der Waals surface area contributed by atoms with E-state index in [1.807, 2.05) is 30.3 Å². The topological polar surface area (TPSA) is 43.9 Å². The lowest BCUT2D eigenvalue weighted by Gasteiger charge is -2.12. The van der Waals surface area contributed by atoms with Crippen molar-refractivity contribution in [2.24, 2.45) is 0 Å². The monoisotopic (exact) mass is 665 g/mol. The molecule has 0 N–H and O–H groups in total. The molecule has 7 aromatic carbocycles. The van der Waals surface area contributed by atoms with Crippen molar-refractivity contribution in [2.75, 3.05) is 0 Å². The van der Waals surface area contributed by atoms with E-state index in [1.54, 1.807) is 0 Å². The minimum Gasteiger partial charge on any atom is -0.456 e. The van der Waals surface area contributed by atoms with Crippen molar-refractivity contribution in [3.8, 4) is 61.8 Å². The Bertz CT molecular complexity index is 2870. The number of imidazole rings is 1. The van der Waals surface area contributed by atoms with Crippen LogP contribution in [0.2, 0.25) is 0 Å². The number of furan rings is 1. The van der Waals surface area contributed by atoms with E-state index < -0.39 is 0 Å². The molecule has 0 aliphatic heterocycles. The first-order chi connectivity index (χ1) is 25.7. The quantitative estimate of drug-likeness (QED) is 0.178. The van der Waals surface area contributed by atoms with E-state index in [0.29, 0.717) is 0 Å². The maximum Gasteiger partial charge on any atom is 0.145 e. The third-order valence-corrected chi connectivity index (χ3v) is 9.84. The molecule has 0 saturated carbocycles. The van der Waals surface area contributed by atoms with Gasteiger partial charge in [0.15, 0.2) is 0 Å². The second kappa shape index (κ2) is 12.4. The number of nitrogens with zero attached hydrogens (tertiary/aromatic N) is 3. The van der Waals surface area contributed by atoms with Crippen molar-refractivity contribution in [3.63, 3.8) is 0 Å². The van der Waals surface area contributed by atoms with E-state index in [0.717, 1.165) is 94.8 Å². The van der Waals surface area contributed by atoms with Crippen molar-refractivity contribution >= 4 is 33.0 Å². The summed E-state index contributed by atoms with van der Waals surface area (Å²) in [5, 5.41) is 2.27. The molecule has 4 nitrogen and oxygen atoms in total. The van der Waals surface area contributed by atoms with Crippen molar-refractivity contribution in [3.05, 3.63) is 188 Å². The average Bonchev–Trinajstić information content (AvgIpc) is 3.80. The van der Waals surface area contributed by atoms with Crippen LogP contribution in [0.25, 0.3) is 94.8 Å². The summed E-state index contributed by atoms with van der Waals surface area (Å²) in [4.78, 5) is 10.3. The molecule has 3 heterocycles. The Hall–Kier alpha value is -7.04. The minimum atomic E-state index is 0.905. The molecule has 0 radical (unpaired) electrons. The van der Waals surface area contributed by atoms with E-state index in [-0.39, 0.29) is 0 Å². The van der Waals surface area contributed by atoms with E-state index in [4.69, 9.17) is 14.4 Å². The van der Waals surface area contributed by atoms with Gasteiger partial charge in [-0.3, -0.25) is 4.57 Å². The van der Waals surface area contributed by atoms with Gasteiger partial charge in [0.05, 0.1) is 22.4 Å². The molecule has 10 rings (SSSR count). The molecule has 3 aromatic heterocycles. The maximum absolute atomic E-state index is 6.07. The third kappa shape index (κ3) is 5.26. The molecule has 0 aliphatic carbocycles. The van der Waals surface area contributed by atoms with Crippen molar-refractivity contribution in [2.45, 2.75) is 0 Å². The fourth-order valence-electron chi connectivity index (χ4n) is 7.21. The summed E-state index contributed by atoms with van der Waals surface area (Å²) in [5.41, 5.74) is 14.5. The van der Waals surface area contributed by atoms with Crippen LogP contribution >= 0.6 is 0 Å². The van der Waals surface area contributed by atoms with Gasteiger partial charge in [0, 0.05) is 33.2 Å². The van der Waals surface area contributed by atoms with Gasteiger partial charge in [-0.05, 0) is 76.9 Å². The summed E-state index contributed by atoms with van der Waals surface area (Å²) >= 11 is 0. The third-order valence-electron chi connectivity index (χ3n) is 9.84. The number of pyridine rings is 1. The summed E-state index contributed by atoms with van der Waals surface area (Å²) in [7, 11) is 0. The lowest BCUT2D eigenvalue weighted by molar-refractivity contribution is 0.669. The number of para-hydroxylation sites is 4. The van der Waals surface area contributed by atoms with Gasteiger partial charge in [0.1, 0.15) is 17.0 Å². The van der Waals surface area contributed by atoms with Gasteiger partial charge in [-0.1, -0.05) is 133 Å².